The van der Waals surface area contributed by atoms with E-state index in [-0.39, 0.29) is 11.8 Å². The van der Waals surface area contributed by atoms with Crippen LogP contribution >= 0.6 is 0 Å². The van der Waals surface area contributed by atoms with Crippen LogP contribution in [0.2, 0.25) is 0 Å². The van der Waals surface area contributed by atoms with Crippen LogP contribution in [0, 0.1) is 5.92 Å². The number of nitrogens with one attached hydrogen (secondary N) is 1. The first kappa shape index (κ1) is 14.9. The lowest BCUT2D eigenvalue weighted by Crippen LogP contribution is -2.13. The lowest BCUT2D eigenvalue weighted by molar-refractivity contribution is -0.117. The third-order valence-electron chi connectivity index (χ3n) is 4.69. The molecule has 0 spiro atoms. The van der Waals surface area contributed by atoms with Crippen molar-refractivity contribution in [2.75, 3.05) is 5.32 Å². The quantitative estimate of drug-likeness (QED) is 0.779. The highest BCUT2D eigenvalue weighted by Crippen LogP contribution is 2.30. The Labute approximate surface area is 141 Å². The van der Waals surface area contributed by atoms with Crippen LogP contribution in [-0.4, -0.2) is 15.5 Å². The summed E-state index contributed by atoms with van der Waals surface area (Å²) in [5.74, 6) is 1.49. The van der Waals surface area contributed by atoms with E-state index in [0.717, 1.165) is 42.7 Å². The summed E-state index contributed by atoms with van der Waals surface area (Å²) in [6.45, 7) is 0. The van der Waals surface area contributed by atoms with Crippen LogP contribution in [0.25, 0.3) is 11.0 Å². The van der Waals surface area contributed by atoms with Gasteiger partial charge in [0.15, 0.2) is 0 Å². The van der Waals surface area contributed by atoms with Crippen molar-refractivity contribution >= 4 is 22.6 Å². The molecule has 4 heteroatoms. The summed E-state index contributed by atoms with van der Waals surface area (Å²) in [7, 11) is 2.07. The first-order chi connectivity index (χ1) is 11.7. The molecule has 1 heterocycles. The third kappa shape index (κ3) is 3.04. The molecule has 3 aromatic rings. The Morgan fingerprint density at radius 3 is 2.58 bits per heavy atom. The van der Waals surface area contributed by atoms with Gasteiger partial charge >= 0.3 is 0 Å². The van der Waals surface area contributed by atoms with Crippen molar-refractivity contribution in [1.29, 1.82) is 0 Å². The Morgan fingerprint density at radius 1 is 1.12 bits per heavy atom. The number of imidazole rings is 1. The fraction of sp³-hybridized carbons (Fsp3) is 0.300. The molecule has 1 fully saturated rings. The van der Waals surface area contributed by atoms with Gasteiger partial charge in [-0.3, -0.25) is 4.79 Å². The number of aromatic nitrogens is 2. The van der Waals surface area contributed by atoms with Gasteiger partial charge in [0.2, 0.25) is 5.91 Å². The third-order valence-corrected chi connectivity index (χ3v) is 4.69. The highest BCUT2D eigenvalue weighted by atomic mass is 16.2. The van der Waals surface area contributed by atoms with E-state index in [1.54, 1.807) is 0 Å². The zero-order chi connectivity index (χ0) is 16.5. The van der Waals surface area contributed by atoms with Crippen molar-refractivity contribution in [2.45, 2.75) is 25.7 Å². The van der Waals surface area contributed by atoms with Crippen LogP contribution in [0.4, 0.5) is 5.69 Å². The lowest BCUT2D eigenvalue weighted by atomic mass is 10.1. The summed E-state index contributed by atoms with van der Waals surface area (Å²) in [5, 5.41) is 2.98. The molecule has 0 aliphatic heterocycles. The van der Waals surface area contributed by atoms with Gasteiger partial charge in [-0.15, -0.1) is 0 Å². The standard InChI is InChI=1S/C20H21N3O/c1-23-18-5-3-2-4-17(18)22-19(23)13-8-14-6-11-16(12-7-14)21-20(24)15-9-10-15/h2-7,11-12,15H,8-10,13H2,1H3,(H,21,24). The van der Waals surface area contributed by atoms with Gasteiger partial charge in [-0.1, -0.05) is 24.3 Å². The summed E-state index contributed by atoms with van der Waals surface area (Å²) in [5.41, 5.74) is 4.36. The van der Waals surface area contributed by atoms with Crippen molar-refractivity contribution in [3.8, 4) is 0 Å². The Balaban J connectivity index is 1.41. The van der Waals surface area contributed by atoms with Crippen molar-refractivity contribution in [3.05, 3.63) is 59.9 Å². The Morgan fingerprint density at radius 2 is 1.88 bits per heavy atom. The molecule has 1 aromatic heterocycles. The number of hydrogen-bond acceptors (Lipinski definition) is 2. The lowest BCUT2D eigenvalue weighted by Gasteiger charge is -2.06. The van der Waals surface area contributed by atoms with Crippen LogP contribution in [0.5, 0.6) is 0 Å². The molecule has 1 aliphatic rings. The molecule has 122 valence electrons. The molecule has 0 radical (unpaired) electrons. The molecular formula is C20H21N3O. The molecule has 1 amide bonds. The van der Waals surface area contributed by atoms with E-state index in [1.165, 1.54) is 11.1 Å². The average Bonchev–Trinajstić information content (AvgIpc) is 3.40. The maximum atomic E-state index is 11.8. The Kier molecular flexibility index (Phi) is 3.81. The minimum atomic E-state index is 0.155. The topological polar surface area (TPSA) is 46.9 Å². The summed E-state index contributed by atoms with van der Waals surface area (Å²) < 4.78 is 2.17. The van der Waals surface area contributed by atoms with Crippen LogP contribution in [0.1, 0.15) is 24.2 Å². The SMILES string of the molecule is Cn1c(CCc2ccc(NC(=O)C3CC3)cc2)nc2ccccc21. The van der Waals surface area contributed by atoms with Gasteiger partial charge in [0.05, 0.1) is 11.0 Å². The molecule has 24 heavy (non-hydrogen) atoms. The molecule has 1 aliphatic carbocycles. The molecular weight excluding hydrogens is 298 g/mol. The number of carbonyl (C=O) groups is 1. The molecule has 4 rings (SSSR count). The van der Waals surface area contributed by atoms with Gasteiger partial charge in [0, 0.05) is 25.1 Å². The number of amides is 1. The zero-order valence-corrected chi connectivity index (χ0v) is 13.8. The normalized spacial score (nSPS) is 14.0. The van der Waals surface area contributed by atoms with Gasteiger partial charge in [0.25, 0.3) is 0 Å². The van der Waals surface area contributed by atoms with Gasteiger partial charge in [0.1, 0.15) is 5.82 Å². The second kappa shape index (κ2) is 6.11. The van der Waals surface area contributed by atoms with Gasteiger partial charge in [-0.25, -0.2) is 4.98 Å². The van der Waals surface area contributed by atoms with E-state index >= 15 is 0 Å². The maximum Gasteiger partial charge on any atom is 0.227 e. The van der Waals surface area contributed by atoms with Gasteiger partial charge < -0.3 is 9.88 Å². The Hall–Kier alpha value is -2.62. The molecule has 1 N–H and O–H groups in total. The average molecular weight is 319 g/mol. The largest absolute Gasteiger partial charge is 0.331 e. The molecule has 0 atom stereocenters. The first-order valence-electron chi connectivity index (χ1n) is 8.51. The molecule has 4 nitrogen and oxygen atoms in total. The number of aryl methyl sites for hydroxylation is 3. The molecule has 0 saturated heterocycles. The molecule has 0 bridgehead atoms. The number of benzene rings is 2. The molecule has 0 unspecified atom stereocenters. The summed E-state index contributed by atoms with van der Waals surface area (Å²) in [6, 6.07) is 16.4. The number of fused-ring (bicyclic) bond motifs is 1. The van der Waals surface area contributed by atoms with Gasteiger partial charge in [-0.05, 0) is 49.1 Å². The van der Waals surface area contributed by atoms with E-state index in [4.69, 9.17) is 4.98 Å². The van der Waals surface area contributed by atoms with E-state index in [2.05, 4.69) is 41.2 Å². The smallest absolute Gasteiger partial charge is 0.227 e. The number of rotatable bonds is 5. The predicted molar refractivity (Wildman–Crippen MR) is 95.9 cm³/mol. The summed E-state index contributed by atoms with van der Waals surface area (Å²) in [6.07, 6.45) is 3.90. The van der Waals surface area contributed by atoms with Crippen LogP contribution in [0.15, 0.2) is 48.5 Å². The van der Waals surface area contributed by atoms with Crippen molar-refractivity contribution in [1.82, 2.24) is 9.55 Å². The second-order valence-corrected chi connectivity index (χ2v) is 6.54. The van der Waals surface area contributed by atoms with Gasteiger partial charge in [-0.2, -0.15) is 0 Å². The second-order valence-electron chi connectivity index (χ2n) is 6.54. The van der Waals surface area contributed by atoms with E-state index in [1.807, 2.05) is 24.3 Å². The van der Waals surface area contributed by atoms with Crippen molar-refractivity contribution < 1.29 is 4.79 Å². The van der Waals surface area contributed by atoms with E-state index < -0.39 is 0 Å². The minimum absolute atomic E-state index is 0.155. The molecule has 2 aromatic carbocycles. The highest BCUT2D eigenvalue weighted by Gasteiger charge is 2.29. The Bertz CT molecular complexity index is 876. The highest BCUT2D eigenvalue weighted by molar-refractivity contribution is 5.94. The van der Waals surface area contributed by atoms with Crippen LogP contribution in [0.3, 0.4) is 0 Å². The number of hydrogen-bond donors (Lipinski definition) is 1. The summed E-state index contributed by atoms with van der Waals surface area (Å²) in [4.78, 5) is 16.5. The molecule has 1 saturated carbocycles. The number of carbonyl (C=O) groups excluding carboxylic acids is 1. The number of para-hydroxylation sites is 2. The monoisotopic (exact) mass is 319 g/mol. The minimum Gasteiger partial charge on any atom is -0.331 e. The van der Waals surface area contributed by atoms with Crippen molar-refractivity contribution in [3.63, 3.8) is 0 Å². The predicted octanol–water partition coefficient (Wildman–Crippen LogP) is 3.71. The number of nitrogens with zero attached hydrogens (tertiary/aromatic N) is 2. The summed E-state index contributed by atoms with van der Waals surface area (Å²) >= 11 is 0. The number of anilines is 1. The van der Waals surface area contributed by atoms with E-state index in [0.29, 0.717) is 0 Å². The van der Waals surface area contributed by atoms with Crippen molar-refractivity contribution in [2.24, 2.45) is 13.0 Å². The maximum absolute atomic E-state index is 11.8. The zero-order valence-electron chi connectivity index (χ0n) is 13.8. The first-order valence-corrected chi connectivity index (χ1v) is 8.51. The van der Waals surface area contributed by atoms with E-state index in [9.17, 15) is 4.79 Å². The van der Waals surface area contributed by atoms with Crippen LogP contribution in [-0.2, 0) is 24.7 Å². The van der Waals surface area contributed by atoms with Crippen LogP contribution < -0.4 is 5.32 Å². The fourth-order valence-electron chi connectivity index (χ4n) is 3.02. The fourth-order valence-corrected chi connectivity index (χ4v) is 3.02.